The van der Waals surface area contributed by atoms with Crippen LogP contribution in [0.4, 0.5) is 0 Å². The van der Waals surface area contributed by atoms with Crippen LogP contribution in [0, 0.1) is 12.3 Å². The summed E-state index contributed by atoms with van der Waals surface area (Å²) < 4.78 is 11.4. The highest BCUT2D eigenvalue weighted by Crippen LogP contribution is 2.32. The average Bonchev–Trinajstić information content (AvgIpc) is 2.49. The molecule has 0 aromatic heterocycles. The van der Waals surface area contributed by atoms with E-state index in [1.165, 1.54) is 0 Å². The average molecular weight is 266 g/mol. The Balaban J connectivity index is 2.23. The van der Waals surface area contributed by atoms with Crippen LogP contribution < -0.4 is 9.47 Å². The zero-order chi connectivity index (χ0) is 14.2. The van der Waals surface area contributed by atoms with Gasteiger partial charge >= 0.3 is 0 Å². The molecule has 0 aliphatic heterocycles. The highest BCUT2D eigenvalue weighted by molar-refractivity contribution is 5.93. The maximum absolute atomic E-state index is 5.84. The molecule has 0 bridgehead atoms. The normalized spacial score (nSPS) is 9.95. The fourth-order valence-corrected chi connectivity index (χ4v) is 2.03. The summed E-state index contributed by atoms with van der Waals surface area (Å²) in [4.78, 5) is 0. The van der Waals surface area contributed by atoms with Gasteiger partial charge in [0.15, 0.2) is 0 Å². The first-order chi connectivity index (χ1) is 9.86. The largest absolute Gasteiger partial charge is 0.493 e. The minimum Gasteiger partial charge on any atom is -0.493 e. The third kappa shape index (κ3) is 3.33. The van der Waals surface area contributed by atoms with Crippen LogP contribution in [0.5, 0.6) is 11.5 Å². The quantitative estimate of drug-likeness (QED) is 0.425. The Morgan fingerprint density at radius 2 is 1.70 bits per heavy atom. The molecular formula is C18H18O2. The monoisotopic (exact) mass is 266 g/mol. The van der Waals surface area contributed by atoms with E-state index in [2.05, 4.69) is 12.5 Å². The number of fused-ring (bicyclic) bond motifs is 1. The van der Waals surface area contributed by atoms with E-state index in [1.54, 1.807) is 0 Å². The predicted octanol–water partition coefficient (Wildman–Crippen LogP) is 4.20. The molecule has 0 amide bonds. The van der Waals surface area contributed by atoms with Crippen molar-refractivity contribution in [3.05, 3.63) is 49.1 Å². The number of hydrogen-bond donors (Lipinski definition) is 0. The van der Waals surface area contributed by atoms with Crippen molar-refractivity contribution < 1.29 is 9.47 Å². The van der Waals surface area contributed by atoms with E-state index in [9.17, 15) is 0 Å². The van der Waals surface area contributed by atoms with Gasteiger partial charge in [-0.1, -0.05) is 36.3 Å². The highest BCUT2D eigenvalue weighted by atomic mass is 16.5. The third-order valence-electron chi connectivity index (χ3n) is 2.96. The van der Waals surface area contributed by atoms with Gasteiger partial charge in [0.1, 0.15) is 18.1 Å². The summed E-state index contributed by atoms with van der Waals surface area (Å²) in [6, 6.07) is 11.8. The van der Waals surface area contributed by atoms with Crippen LogP contribution in [0.25, 0.3) is 10.8 Å². The lowest BCUT2D eigenvalue weighted by Crippen LogP contribution is -1.98. The van der Waals surface area contributed by atoms with Crippen molar-refractivity contribution in [3.63, 3.8) is 0 Å². The first kappa shape index (κ1) is 14.0. The van der Waals surface area contributed by atoms with Gasteiger partial charge in [0.25, 0.3) is 0 Å². The fourth-order valence-electron chi connectivity index (χ4n) is 2.03. The summed E-state index contributed by atoms with van der Waals surface area (Å²) >= 11 is 0. The molecule has 0 N–H and O–H groups in total. The van der Waals surface area contributed by atoms with Gasteiger partial charge in [-0.3, -0.25) is 0 Å². The predicted molar refractivity (Wildman–Crippen MR) is 83.2 cm³/mol. The minimum absolute atomic E-state index is 0.267. The second kappa shape index (κ2) is 7.25. The van der Waals surface area contributed by atoms with Gasteiger partial charge in [-0.15, -0.1) is 13.0 Å². The molecule has 0 saturated heterocycles. The van der Waals surface area contributed by atoms with E-state index in [4.69, 9.17) is 15.9 Å². The van der Waals surface area contributed by atoms with E-state index in [0.29, 0.717) is 6.61 Å². The number of hydrogen-bond acceptors (Lipinski definition) is 2. The molecule has 20 heavy (non-hydrogen) atoms. The molecule has 2 aromatic rings. The lowest BCUT2D eigenvalue weighted by atomic mass is 10.1. The Labute approximate surface area is 120 Å². The lowest BCUT2D eigenvalue weighted by Gasteiger charge is -2.11. The van der Waals surface area contributed by atoms with Gasteiger partial charge in [0.05, 0.1) is 6.61 Å². The molecule has 0 atom stereocenters. The zero-order valence-corrected chi connectivity index (χ0v) is 11.5. The summed E-state index contributed by atoms with van der Waals surface area (Å²) in [7, 11) is 0. The van der Waals surface area contributed by atoms with Crippen molar-refractivity contribution in [2.24, 2.45) is 0 Å². The Bertz CT molecular complexity index is 623. The molecule has 0 saturated carbocycles. The fraction of sp³-hybridized carbons (Fsp3) is 0.222. The topological polar surface area (TPSA) is 18.5 Å². The Morgan fingerprint density at radius 3 is 2.30 bits per heavy atom. The summed E-state index contributed by atoms with van der Waals surface area (Å²) in [5.74, 6) is 4.14. The molecule has 0 spiro atoms. The van der Waals surface area contributed by atoms with E-state index in [1.807, 2.05) is 42.5 Å². The van der Waals surface area contributed by atoms with Crippen molar-refractivity contribution in [1.82, 2.24) is 0 Å². The second-order valence-corrected chi connectivity index (χ2v) is 4.38. The number of terminal acetylenes is 1. The molecule has 0 radical (unpaired) electrons. The molecule has 2 nitrogen and oxygen atoms in total. The highest BCUT2D eigenvalue weighted by Gasteiger charge is 2.06. The van der Waals surface area contributed by atoms with E-state index < -0.39 is 0 Å². The molecule has 0 aliphatic carbocycles. The number of ether oxygens (including phenoxy) is 2. The zero-order valence-electron chi connectivity index (χ0n) is 11.5. The van der Waals surface area contributed by atoms with Crippen molar-refractivity contribution >= 4 is 10.8 Å². The number of benzene rings is 2. The molecule has 0 aliphatic rings. The van der Waals surface area contributed by atoms with E-state index in [-0.39, 0.29) is 6.61 Å². The SMILES string of the molecule is C#CCOc1cccc2c(OCCCC=C)cccc12. The molecule has 0 fully saturated rings. The minimum atomic E-state index is 0.267. The summed E-state index contributed by atoms with van der Waals surface area (Å²) in [6.45, 7) is 4.66. The van der Waals surface area contributed by atoms with Crippen LogP contribution in [0.3, 0.4) is 0 Å². The molecule has 0 unspecified atom stereocenters. The van der Waals surface area contributed by atoms with Gasteiger partial charge in [-0.2, -0.15) is 0 Å². The van der Waals surface area contributed by atoms with Crippen molar-refractivity contribution in [1.29, 1.82) is 0 Å². The lowest BCUT2D eigenvalue weighted by molar-refractivity contribution is 0.315. The number of rotatable bonds is 7. The second-order valence-electron chi connectivity index (χ2n) is 4.38. The number of allylic oxidation sites excluding steroid dienone is 1. The standard InChI is InChI=1S/C18H18O2/c1-3-5-6-14-20-18-12-8-9-15-16(18)10-7-11-17(15)19-13-4-2/h2-3,7-12H,1,5-6,13-14H2. The molecule has 2 aromatic carbocycles. The van der Waals surface area contributed by atoms with Crippen LogP contribution in [0.15, 0.2) is 49.1 Å². The molecule has 2 rings (SSSR count). The number of unbranched alkanes of at least 4 members (excludes halogenated alkanes) is 1. The van der Waals surface area contributed by atoms with Gasteiger partial charge in [0.2, 0.25) is 0 Å². The molecule has 2 heteroatoms. The summed E-state index contributed by atoms with van der Waals surface area (Å²) in [5.41, 5.74) is 0. The van der Waals surface area contributed by atoms with Gasteiger partial charge < -0.3 is 9.47 Å². The van der Waals surface area contributed by atoms with Crippen LogP contribution in [0.1, 0.15) is 12.8 Å². The summed E-state index contributed by atoms with van der Waals surface area (Å²) in [6.07, 6.45) is 9.06. The van der Waals surface area contributed by atoms with Crippen molar-refractivity contribution in [2.75, 3.05) is 13.2 Å². The maximum Gasteiger partial charge on any atom is 0.148 e. The van der Waals surface area contributed by atoms with E-state index in [0.717, 1.165) is 35.1 Å². The van der Waals surface area contributed by atoms with Crippen molar-refractivity contribution in [3.8, 4) is 23.8 Å². The van der Waals surface area contributed by atoms with Crippen LogP contribution in [-0.2, 0) is 0 Å². The molecule has 102 valence electrons. The van der Waals surface area contributed by atoms with Gasteiger partial charge in [-0.05, 0) is 25.0 Å². The third-order valence-corrected chi connectivity index (χ3v) is 2.96. The van der Waals surface area contributed by atoms with Crippen LogP contribution in [-0.4, -0.2) is 13.2 Å². The van der Waals surface area contributed by atoms with Gasteiger partial charge in [-0.25, -0.2) is 0 Å². The first-order valence-corrected chi connectivity index (χ1v) is 6.68. The first-order valence-electron chi connectivity index (χ1n) is 6.68. The van der Waals surface area contributed by atoms with Crippen molar-refractivity contribution in [2.45, 2.75) is 12.8 Å². The maximum atomic E-state index is 5.84. The Kier molecular flexibility index (Phi) is 5.08. The Morgan fingerprint density at radius 1 is 1.05 bits per heavy atom. The van der Waals surface area contributed by atoms with Crippen LogP contribution >= 0.6 is 0 Å². The summed E-state index contributed by atoms with van der Waals surface area (Å²) in [5, 5.41) is 2.06. The molecular weight excluding hydrogens is 248 g/mol. The van der Waals surface area contributed by atoms with E-state index >= 15 is 0 Å². The molecule has 0 heterocycles. The van der Waals surface area contributed by atoms with Gasteiger partial charge in [0, 0.05) is 10.8 Å². The van der Waals surface area contributed by atoms with Crippen LogP contribution in [0.2, 0.25) is 0 Å². The smallest absolute Gasteiger partial charge is 0.148 e. The Hall–Kier alpha value is -2.40.